The molecular formula is C18H18N6O3. The fourth-order valence-corrected chi connectivity index (χ4v) is 2.80. The molecule has 0 atom stereocenters. The third-order valence-corrected chi connectivity index (χ3v) is 4.15. The second kappa shape index (κ2) is 7.92. The molecule has 4 rings (SSSR count). The number of carbonyl (C=O) groups excluding carboxylic acids is 1. The normalized spacial score (nSPS) is 14.1. The van der Waals surface area contributed by atoms with Crippen LogP contribution >= 0.6 is 0 Å². The van der Waals surface area contributed by atoms with E-state index in [9.17, 15) is 4.79 Å². The summed E-state index contributed by atoms with van der Waals surface area (Å²) < 4.78 is 10.6. The van der Waals surface area contributed by atoms with Crippen molar-refractivity contribution >= 4 is 11.7 Å². The van der Waals surface area contributed by atoms with E-state index in [0.717, 1.165) is 5.56 Å². The molecule has 0 spiro atoms. The molecule has 0 aromatic carbocycles. The lowest BCUT2D eigenvalue weighted by molar-refractivity contribution is 0.0944. The van der Waals surface area contributed by atoms with Crippen molar-refractivity contribution in [2.75, 3.05) is 31.2 Å². The molecule has 1 N–H and O–H groups in total. The maximum atomic E-state index is 12.7. The number of anilines is 1. The molecule has 0 radical (unpaired) electrons. The van der Waals surface area contributed by atoms with Gasteiger partial charge in [-0.3, -0.25) is 9.78 Å². The third-order valence-electron chi connectivity index (χ3n) is 4.15. The van der Waals surface area contributed by atoms with Gasteiger partial charge in [0.05, 0.1) is 25.3 Å². The van der Waals surface area contributed by atoms with E-state index in [0.29, 0.717) is 49.4 Å². The second-order valence-corrected chi connectivity index (χ2v) is 5.90. The van der Waals surface area contributed by atoms with E-state index in [4.69, 9.17) is 9.26 Å². The molecule has 138 valence electrons. The number of ether oxygens (including phenoxy) is 1. The summed E-state index contributed by atoms with van der Waals surface area (Å²) in [7, 11) is 0. The van der Waals surface area contributed by atoms with Crippen molar-refractivity contribution in [2.24, 2.45) is 0 Å². The first kappa shape index (κ1) is 17.1. The number of nitrogens with one attached hydrogen (secondary N) is 1. The molecule has 1 saturated heterocycles. The topological polar surface area (TPSA) is 106 Å². The van der Waals surface area contributed by atoms with Crippen LogP contribution in [0.3, 0.4) is 0 Å². The number of pyridine rings is 2. The van der Waals surface area contributed by atoms with Gasteiger partial charge in [0.15, 0.2) is 0 Å². The molecule has 4 heterocycles. The number of morpholine rings is 1. The van der Waals surface area contributed by atoms with E-state index in [1.807, 2.05) is 4.90 Å². The summed E-state index contributed by atoms with van der Waals surface area (Å²) in [6.45, 7) is 2.79. The second-order valence-electron chi connectivity index (χ2n) is 5.90. The molecule has 1 aliphatic rings. The Morgan fingerprint density at radius 1 is 1.15 bits per heavy atom. The van der Waals surface area contributed by atoms with Gasteiger partial charge in [-0.1, -0.05) is 5.16 Å². The zero-order valence-electron chi connectivity index (χ0n) is 14.5. The Morgan fingerprint density at radius 3 is 2.78 bits per heavy atom. The first-order valence-corrected chi connectivity index (χ1v) is 8.60. The van der Waals surface area contributed by atoms with Gasteiger partial charge in [-0.25, -0.2) is 4.98 Å². The summed E-state index contributed by atoms with van der Waals surface area (Å²) >= 11 is 0. The van der Waals surface area contributed by atoms with Crippen molar-refractivity contribution in [1.29, 1.82) is 0 Å². The highest BCUT2D eigenvalue weighted by Gasteiger charge is 2.20. The quantitative estimate of drug-likeness (QED) is 0.720. The summed E-state index contributed by atoms with van der Waals surface area (Å²) in [5.74, 6) is 1.19. The minimum absolute atomic E-state index is 0.133. The van der Waals surface area contributed by atoms with E-state index in [-0.39, 0.29) is 12.5 Å². The maximum Gasteiger partial charge on any atom is 0.255 e. The predicted octanol–water partition coefficient (Wildman–Crippen LogP) is 1.29. The summed E-state index contributed by atoms with van der Waals surface area (Å²) in [6, 6.07) is 7.07. The van der Waals surface area contributed by atoms with Gasteiger partial charge in [0.2, 0.25) is 11.7 Å². The minimum atomic E-state index is -0.242. The number of carbonyl (C=O) groups is 1. The van der Waals surface area contributed by atoms with E-state index in [1.165, 1.54) is 0 Å². The first-order valence-electron chi connectivity index (χ1n) is 8.60. The zero-order valence-corrected chi connectivity index (χ0v) is 14.5. The fourth-order valence-electron chi connectivity index (χ4n) is 2.80. The Morgan fingerprint density at radius 2 is 1.96 bits per heavy atom. The van der Waals surface area contributed by atoms with Crippen molar-refractivity contribution < 1.29 is 14.1 Å². The molecule has 1 fully saturated rings. The summed E-state index contributed by atoms with van der Waals surface area (Å²) in [5.41, 5.74) is 1.31. The largest absolute Gasteiger partial charge is 0.378 e. The van der Waals surface area contributed by atoms with Crippen molar-refractivity contribution in [3.63, 3.8) is 0 Å². The highest BCUT2D eigenvalue weighted by molar-refractivity contribution is 5.98. The Bertz CT molecular complexity index is 908. The average molecular weight is 366 g/mol. The molecule has 0 saturated carbocycles. The van der Waals surface area contributed by atoms with Gasteiger partial charge < -0.3 is 19.5 Å². The predicted molar refractivity (Wildman–Crippen MR) is 96.0 cm³/mol. The number of hydrogen-bond acceptors (Lipinski definition) is 8. The number of aromatic nitrogens is 4. The Kier molecular flexibility index (Phi) is 5.01. The summed E-state index contributed by atoms with van der Waals surface area (Å²) in [4.78, 5) is 27.3. The van der Waals surface area contributed by atoms with Crippen LogP contribution in [0.15, 0.2) is 47.4 Å². The standard InChI is InChI=1S/C18H18N6O3/c25-18(14-2-1-5-20-17(14)24-8-10-26-11-9-24)21-12-15-22-16(23-27-15)13-3-6-19-7-4-13/h1-7H,8-12H2,(H,21,25). The Balaban J connectivity index is 1.44. The zero-order chi connectivity index (χ0) is 18.5. The van der Waals surface area contributed by atoms with Crippen molar-refractivity contribution in [2.45, 2.75) is 6.54 Å². The van der Waals surface area contributed by atoms with Gasteiger partial charge in [0.25, 0.3) is 5.91 Å². The molecule has 0 bridgehead atoms. The van der Waals surface area contributed by atoms with Crippen LogP contribution in [0.1, 0.15) is 16.2 Å². The highest BCUT2D eigenvalue weighted by atomic mass is 16.5. The van der Waals surface area contributed by atoms with Gasteiger partial charge in [0.1, 0.15) is 5.82 Å². The molecule has 1 aliphatic heterocycles. The lowest BCUT2D eigenvalue weighted by atomic mass is 10.2. The number of hydrogen-bond donors (Lipinski definition) is 1. The summed E-state index contributed by atoms with van der Waals surface area (Å²) in [5, 5.41) is 6.74. The third kappa shape index (κ3) is 3.93. The first-order chi connectivity index (χ1) is 13.3. The minimum Gasteiger partial charge on any atom is -0.378 e. The molecule has 9 nitrogen and oxygen atoms in total. The van der Waals surface area contributed by atoms with Gasteiger partial charge >= 0.3 is 0 Å². The van der Waals surface area contributed by atoms with Crippen molar-refractivity contribution in [3.05, 3.63) is 54.3 Å². The van der Waals surface area contributed by atoms with Crippen LogP contribution in [0.2, 0.25) is 0 Å². The van der Waals surface area contributed by atoms with Crippen LogP contribution < -0.4 is 10.2 Å². The molecule has 9 heteroatoms. The van der Waals surface area contributed by atoms with Crippen LogP contribution in [0.25, 0.3) is 11.4 Å². The van der Waals surface area contributed by atoms with Crippen molar-refractivity contribution in [1.82, 2.24) is 25.4 Å². The van der Waals surface area contributed by atoms with Gasteiger partial charge in [-0.05, 0) is 24.3 Å². The lowest BCUT2D eigenvalue weighted by Gasteiger charge is -2.29. The van der Waals surface area contributed by atoms with Crippen LogP contribution in [-0.2, 0) is 11.3 Å². The fraction of sp³-hybridized carbons (Fsp3) is 0.278. The molecular weight excluding hydrogens is 348 g/mol. The molecule has 3 aromatic rings. The summed E-state index contributed by atoms with van der Waals surface area (Å²) in [6.07, 6.45) is 4.99. The van der Waals surface area contributed by atoms with Gasteiger partial charge in [-0.2, -0.15) is 4.98 Å². The molecule has 1 amide bonds. The maximum absolute atomic E-state index is 12.7. The van der Waals surface area contributed by atoms with E-state index in [2.05, 4.69) is 25.4 Å². The average Bonchev–Trinajstić information content (AvgIpc) is 3.22. The number of rotatable bonds is 5. The lowest BCUT2D eigenvalue weighted by Crippen LogP contribution is -2.38. The van der Waals surface area contributed by atoms with Crippen LogP contribution in [0.4, 0.5) is 5.82 Å². The van der Waals surface area contributed by atoms with Gasteiger partial charge in [0, 0.05) is 37.2 Å². The molecule has 0 unspecified atom stereocenters. The SMILES string of the molecule is O=C(NCc1nc(-c2ccncc2)no1)c1cccnc1N1CCOCC1. The smallest absolute Gasteiger partial charge is 0.255 e. The van der Waals surface area contributed by atoms with Crippen LogP contribution in [-0.4, -0.2) is 52.3 Å². The number of nitrogens with zero attached hydrogens (tertiary/aromatic N) is 5. The van der Waals surface area contributed by atoms with Gasteiger partial charge in [-0.15, -0.1) is 0 Å². The van der Waals surface area contributed by atoms with Crippen LogP contribution in [0, 0.1) is 0 Å². The monoisotopic (exact) mass is 366 g/mol. The van der Waals surface area contributed by atoms with Crippen molar-refractivity contribution in [3.8, 4) is 11.4 Å². The highest BCUT2D eigenvalue weighted by Crippen LogP contribution is 2.19. The Labute approximate surface area is 155 Å². The molecule has 3 aromatic heterocycles. The van der Waals surface area contributed by atoms with E-state index in [1.54, 1.807) is 42.9 Å². The van der Waals surface area contributed by atoms with E-state index < -0.39 is 0 Å². The number of amides is 1. The van der Waals surface area contributed by atoms with Crippen LogP contribution in [0.5, 0.6) is 0 Å². The molecule has 0 aliphatic carbocycles. The molecule has 27 heavy (non-hydrogen) atoms. The van der Waals surface area contributed by atoms with E-state index >= 15 is 0 Å². The Hall–Kier alpha value is -3.33.